The van der Waals surface area contributed by atoms with Crippen LogP contribution >= 0.6 is 0 Å². The molecule has 2 amide bonds. The molecule has 0 radical (unpaired) electrons. The molecule has 0 aromatic heterocycles. The molecule has 0 aliphatic rings. The van der Waals surface area contributed by atoms with E-state index in [-0.39, 0.29) is 24.8 Å². The van der Waals surface area contributed by atoms with E-state index in [2.05, 4.69) is 5.32 Å². The monoisotopic (exact) mass is 367 g/mol. The van der Waals surface area contributed by atoms with Crippen molar-refractivity contribution in [1.29, 1.82) is 5.26 Å². The summed E-state index contributed by atoms with van der Waals surface area (Å²) < 4.78 is 10.4. The van der Waals surface area contributed by atoms with Crippen molar-refractivity contribution >= 4 is 23.2 Å². The number of amides is 2. The molecule has 1 N–H and O–H groups in total. The van der Waals surface area contributed by atoms with Gasteiger partial charge in [0.2, 0.25) is 11.8 Å². The SMILES string of the molecule is COc1ccc(OC)c(NC(=O)CCN(C(C)=O)c2cccc(C#N)c2)c1. The third-order valence-electron chi connectivity index (χ3n) is 3.91. The van der Waals surface area contributed by atoms with Gasteiger partial charge in [-0.3, -0.25) is 9.59 Å². The van der Waals surface area contributed by atoms with Gasteiger partial charge in [-0.2, -0.15) is 5.26 Å². The number of ether oxygens (including phenoxy) is 2. The molecule has 0 spiro atoms. The molecule has 0 aliphatic heterocycles. The number of nitriles is 1. The van der Waals surface area contributed by atoms with Crippen molar-refractivity contribution in [3.63, 3.8) is 0 Å². The minimum Gasteiger partial charge on any atom is -0.497 e. The fraction of sp³-hybridized carbons (Fsp3) is 0.250. The van der Waals surface area contributed by atoms with Crippen molar-refractivity contribution in [1.82, 2.24) is 0 Å². The fourth-order valence-corrected chi connectivity index (χ4v) is 2.55. The molecule has 0 aliphatic carbocycles. The summed E-state index contributed by atoms with van der Waals surface area (Å²) in [5, 5.41) is 11.8. The number of carbonyl (C=O) groups is 2. The Morgan fingerprint density at radius 2 is 1.93 bits per heavy atom. The van der Waals surface area contributed by atoms with Gasteiger partial charge in [0.05, 0.1) is 31.5 Å². The highest BCUT2D eigenvalue weighted by Gasteiger charge is 2.15. The van der Waals surface area contributed by atoms with Crippen LogP contribution < -0.4 is 19.7 Å². The van der Waals surface area contributed by atoms with Crippen LogP contribution in [0.15, 0.2) is 42.5 Å². The second-order valence-electron chi connectivity index (χ2n) is 5.70. The lowest BCUT2D eigenvalue weighted by molar-refractivity contribution is -0.117. The number of methoxy groups -OCH3 is 2. The minimum absolute atomic E-state index is 0.0801. The van der Waals surface area contributed by atoms with Gasteiger partial charge in [-0.15, -0.1) is 0 Å². The van der Waals surface area contributed by atoms with Gasteiger partial charge < -0.3 is 19.7 Å². The summed E-state index contributed by atoms with van der Waals surface area (Å²) in [6.45, 7) is 1.60. The Morgan fingerprint density at radius 1 is 1.15 bits per heavy atom. The Kier molecular flexibility index (Phi) is 6.78. The zero-order valence-electron chi connectivity index (χ0n) is 15.5. The van der Waals surface area contributed by atoms with Gasteiger partial charge in [0.25, 0.3) is 0 Å². The number of anilines is 2. The Labute approximate surface area is 158 Å². The van der Waals surface area contributed by atoms with Crippen molar-refractivity contribution in [3.05, 3.63) is 48.0 Å². The van der Waals surface area contributed by atoms with Crippen LogP contribution in [0.2, 0.25) is 0 Å². The average molecular weight is 367 g/mol. The maximum Gasteiger partial charge on any atom is 0.226 e. The summed E-state index contributed by atoms with van der Waals surface area (Å²) in [7, 11) is 3.05. The molecule has 27 heavy (non-hydrogen) atoms. The van der Waals surface area contributed by atoms with Crippen LogP contribution in [0.1, 0.15) is 18.9 Å². The highest BCUT2D eigenvalue weighted by Crippen LogP contribution is 2.29. The van der Waals surface area contributed by atoms with Gasteiger partial charge in [-0.05, 0) is 30.3 Å². The van der Waals surface area contributed by atoms with E-state index in [0.29, 0.717) is 28.4 Å². The molecule has 140 valence electrons. The molecule has 0 fully saturated rings. The predicted molar refractivity (Wildman–Crippen MR) is 102 cm³/mol. The van der Waals surface area contributed by atoms with Gasteiger partial charge in [-0.1, -0.05) is 6.07 Å². The van der Waals surface area contributed by atoms with Crippen molar-refractivity contribution in [2.75, 3.05) is 31.0 Å². The van der Waals surface area contributed by atoms with E-state index in [4.69, 9.17) is 14.7 Å². The molecule has 2 rings (SSSR count). The number of carbonyl (C=O) groups excluding carboxylic acids is 2. The summed E-state index contributed by atoms with van der Waals surface area (Å²) in [5.74, 6) is 0.611. The van der Waals surface area contributed by atoms with Crippen molar-refractivity contribution in [3.8, 4) is 17.6 Å². The smallest absolute Gasteiger partial charge is 0.226 e. The molecule has 0 saturated carbocycles. The maximum atomic E-state index is 12.4. The van der Waals surface area contributed by atoms with Crippen LogP contribution in [-0.2, 0) is 9.59 Å². The summed E-state index contributed by atoms with van der Waals surface area (Å²) in [4.78, 5) is 25.8. The van der Waals surface area contributed by atoms with Crippen molar-refractivity contribution in [2.45, 2.75) is 13.3 Å². The van der Waals surface area contributed by atoms with Crippen molar-refractivity contribution < 1.29 is 19.1 Å². The van der Waals surface area contributed by atoms with Crippen molar-refractivity contribution in [2.24, 2.45) is 0 Å². The fourth-order valence-electron chi connectivity index (χ4n) is 2.55. The summed E-state index contributed by atoms with van der Waals surface area (Å²) >= 11 is 0. The molecular formula is C20H21N3O4. The lowest BCUT2D eigenvalue weighted by Gasteiger charge is -2.21. The molecule has 0 unspecified atom stereocenters. The normalized spacial score (nSPS) is 9.85. The molecule has 7 nitrogen and oxygen atoms in total. The highest BCUT2D eigenvalue weighted by atomic mass is 16.5. The average Bonchev–Trinajstić information content (AvgIpc) is 2.68. The van der Waals surface area contributed by atoms with Crippen LogP contribution in [0.5, 0.6) is 11.5 Å². The Balaban J connectivity index is 2.08. The predicted octanol–water partition coefficient (Wildman–Crippen LogP) is 2.96. The number of hydrogen-bond donors (Lipinski definition) is 1. The lowest BCUT2D eigenvalue weighted by Crippen LogP contribution is -2.32. The molecule has 2 aromatic rings. The van der Waals surface area contributed by atoms with E-state index in [1.54, 1.807) is 42.5 Å². The van der Waals surface area contributed by atoms with E-state index in [0.717, 1.165) is 0 Å². The second-order valence-corrected chi connectivity index (χ2v) is 5.70. The zero-order chi connectivity index (χ0) is 19.8. The summed E-state index contributed by atoms with van der Waals surface area (Å²) in [6.07, 6.45) is 0.0801. The Bertz CT molecular complexity index is 874. The third-order valence-corrected chi connectivity index (χ3v) is 3.91. The van der Waals surface area contributed by atoms with Crippen LogP contribution in [0, 0.1) is 11.3 Å². The van der Waals surface area contributed by atoms with E-state index in [1.165, 1.54) is 26.0 Å². The summed E-state index contributed by atoms with van der Waals surface area (Å²) in [5.41, 5.74) is 1.51. The quantitative estimate of drug-likeness (QED) is 0.812. The number of hydrogen-bond acceptors (Lipinski definition) is 5. The first-order chi connectivity index (χ1) is 13.0. The molecule has 0 bridgehead atoms. The third kappa shape index (κ3) is 5.22. The van der Waals surface area contributed by atoms with Gasteiger partial charge in [0, 0.05) is 31.6 Å². The second kappa shape index (κ2) is 9.25. The van der Waals surface area contributed by atoms with Crippen LogP contribution in [0.4, 0.5) is 11.4 Å². The Morgan fingerprint density at radius 3 is 2.56 bits per heavy atom. The highest BCUT2D eigenvalue weighted by molar-refractivity contribution is 5.95. The largest absolute Gasteiger partial charge is 0.497 e. The van der Waals surface area contributed by atoms with Crippen LogP contribution in [-0.4, -0.2) is 32.6 Å². The molecule has 0 saturated heterocycles. The van der Waals surface area contributed by atoms with E-state index < -0.39 is 0 Å². The standard InChI is InChI=1S/C20H21N3O4/c1-14(24)23(16-6-4-5-15(11-16)13-21)10-9-20(25)22-18-12-17(26-2)7-8-19(18)27-3/h4-8,11-12H,9-10H2,1-3H3,(H,22,25). The number of nitrogens with zero attached hydrogens (tertiary/aromatic N) is 2. The van der Waals surface area contributed by atoms with E-state index >= 15 is 0 Å². The first kappa shape index (κ1) is 19.8. The molecule has 0 heterocycles. The van der Waals surface area contributed by atoms with Gasteiger partial charge in [0.15, 0.2) is 0 Å². The van der Waals surface area contributed by atoms with E-state index in [9.17, 15) is 9.59 Å². The number of nitrogens with one attached hydrogen (secondary N) is 1. The minimum atomic E-state index is -0.274. The van der Waals surface area contributed by atoms with Gasteiger partial charge >= 0.3 is 0 Å². The molecule has 0 atom stereocenters. The lowest BCUT2D eigenvalue weighted by atomic mass is 10.2. The molecular weight excluding hydrogens is 346 g/mol. The number of benzene rings is 2. The first-order valence-electron chi connectivity index (χ1n) is 8.28. The van der Waals surface area contributed by atoms with Crippen LogP contribution in [0.3, 0.4) is 0 Å². The first-order valence-corrected chi connectivity index (χ1v) is 8.28. The Hall–Kier alpha value is -3.53. The molecule has 7 heteroatoms. The van der Waals surface area contributed by atoms with Gasteiger partial charge in [-0.25, -0.2) is 0 Å². The summed E-state index contributed by atoms with van der Waals surface area (Å²) in [6, 6.07) is 13.8. The molecule has 2 aromatic carbocycles. The van der Waals surface area contributed by atoms with E-state index in [1.807, 2.05) is 6.07 Å². The number of rotatable bonds is 7. The van der Waals surface area contributed by atoms with Crippen LogP contribution in [0.25, 0.3) is 0 Å². The van der Waals surface area contributed by atoms with Gasteiger partial charge in [0.1, 0.15) is 11.5 Å². The topological polar surface area (TPSA) is 91.7 Å². The zero-order valence-corrected chi connectivity index (χ0v) is 15.5. The maximum absolute atomic E-state index is 12.4.